The van der Waals surface area contributed by atoms with E-state index in [4.69, 9.17) is 18.9 Å². The van der Waals surface area contributed by atoms with Crippen molar-refractivity contribution in [2.45, 2.75) is 6.92 Å². The topological polar surface area (TPSA) is 46.2 Å². The second kappa shape index (κ2) is 6.31. The van der Waals surface area contributed by atoms with E-state index in [0.29, 0.717) is 6.61 Å². The molecule has 1 saturated heterocycles. The molecule has 0 saturated carbocycles. The molecule has 84 valence electrons. The highest BCUT2D eigenvalue weighted by molar-refractivity contribution is 4.79. The molecule has 1 rings (SSSR count). The fourth-order valence-electron chi connectivity index (χ4n) is 1.09. The Hall–Kier alpha value is -0.200. The minimum atomic E-state index is 0.177. The van der Waals surface area contributed by atoms with Crippen molar-refractivity contribution in [1.29, 1.82) is 0 Å². The summed E-state index contributed by atoms with van der Waals surface area (Å²) < 4.78 is 25.0. The molecule has 14 heavy (non-hydrogen) atoms. The number of methoxy groups -OCH3 is 1. The highest BCUT2D eigenvalue weighted by Crippen LogP contribution is 2.26. The van der Waals surface area contributed by atoms with Crippen molar-refractivity contribution in [3.05, 3.63) is 0 Å². The van der Waals surface area contributed by atoms with Crippen LogP contribution in [0, 0.1) is 5.41 Å². The molecule has 0 N–H and O–H groups in total. The van der Waals surface area contributed by atoms with Crippen molar-refractivity contribution in [3.63, 3.8) is 0 Å². The molecule has 0 aliphatic carbocycles. The van der Waals surface area contributed by atoms with Gasteiger partial charge >= 0.3 is 0 Å². The molecule has 1 fully saturated rings. The zero-order valence-corrected chi connectivity index (χ0v) is 8.78. The van der Waals surface area contributed by atoms with E-state index < -0.39 is 0 Å². The summed E-state index contributed by atoms with van der Waals surface area (Å²) in [6, 6.07) is 0. The molecule has 0 radical (unpaired) electrons. The SMILES string of the molecule is COCOCOCOCC1(C)COC1. The first-order chi connectivity index (χ1) is 6.77. The molecule has 0 aromatic heterocycles. The van der Waals surface area contributed by atoms with E-state index in [9.17, 15) is 0 Å². The lowest BCUT2D eigenvalue weighted by Crippen LogP contribution is -2.43. The van der Waals surface area contributed by atoms with Gasteiger partial charge in [-0.25, -0.2) is 0 Å². The van der Waals surface area contributed by atoms with Crippen LogP contribution < -0.4 is 0 Å². The number of hydrogen-bond donors (Lipinski definition) is 0. The molecule has 0 aromatic carbocycles. The smallest absolute Gasteiger partial charge is 0.152 e. The molecule has 0 aromatic rings. The lowest BCUT2D eigenvalue weighted by Gasteiger charge is -2.37. The van der Waals surface area contributed by atoms with Crippen molar-refractivity contribution in [3.8, 4) is 0 Å². The molecule has 1 aliphatic heterocycles. The summed E-state index contributed by atoms with van der Waals surface area (Å²) in [5.41, 5.74) is 0.177. The van der Waals surface area contributed by atoms with Gasteiger partial charge in [0.15, 0.2) is 6.79 Å². The Morgan fingerprint density at radius 2 is 1.71 bits per heavy atom. The summed E-state index contributed by atoms with van der Waals surface area (Å²) in [6.45, 7) is 5.02. The third-order valence-corrected chi connectivity index (χ3v) is 1.89. The van der Waals surface area contributed by atoms with Gasteiger partial charge in [-0.2, -0.15) is 0 Å². The summed E-state index contributed by atoms with van der Waals surface area (Å²) in [7, 11) is 1.56. The Bertz CT molecular complexity index is 146. The van der Waals surface area contributed by atoms with Crippen LogP contribution in [-0.2, 0) is 23.7 Å². The van der Waals surface area contributed by atoms with E-state index >= 15 is 0 Å². The van der Waals surface area contributed by atoms with Crippen LogP contribution >= 0.6 is 0 Å². The normalized spacial score (nSPS) is 19.3. The summed E-state index contributed by atoms with van der Waals surface area (Å²) in [4.78, 5) is 0. The highest BCUT2D eigenvalue weighted by Gasteiger charge is 2.33. The van der Waals surface area contributed by atoms with Gasteiger partial charge in [-0.05, 0) is 0 Å². The van der Waals surface area contributed by atoms with E-state index in [1.54, 1.807) is 7.11 Å². The Morgan fingerprint density at radius 1 is 1.07 bits per heavy atom. The largest absolute Gasteiger partial charge is 0.380 e. The molecule has 1 aliphatic rings. The molecule has 0 amide bonds. The molecule has 0 unspecified atom stereocenters. The Morgan fingerprint density at radius 3 is 2.29 bits per heavy atom. The Kier molecular flexibility index (Phi) is 5.36. The first-order valence-corrected chi connectivity index (χ1v) is 4.57. The fraction of sp³-hybridized carbons (Fsp3) is 1.00. The van der Waals surface area contributed by atoms with E-state index in [2.05, 4.69) is 11.7 Å². The van der Waals surface area contributed by atoms with Gasteiger partial charge in [0.1, 0.15) is 13.6 Å². The van der Waals surface area contributed by atoms with Crippen molar-refractivity contribution < 1.29 is 23.7 Å². The lowest BCUT2D eigenvalue weighted by atomic mass is 9.90. The minimum Gasteiger partial charge on any atom is -0.380 e. The molecule has 0 bridgehead atoms. The third-order valence-electron chi connectivity index (χ3n) is 1.89. The molecular weight excluding hydrogens is 188 g/mol. The lowest BCUT2D eigenvalue weighted by molar-refractivity contribution is -0.194. The first kappa shape index (κ1) is 11.9. The summed E-state index contributed by atoms with van der Waals surface area (Å²) >= 11 is 0. The molecule has 1 heterocycles. The first-order valence-electron chi connectivity index (χ1n) is 4.57. The average molecular weight is 206 g/mol. The second-order valence-corrected chi connectivity index (χ2v) is 3.70. The van der Waals surface area contributed by atoms with Crippen LogP contribution in [0.25, 0.3) is 0 Å². The average Bonchev–Trinajstić information content (AvgIpc) is 2.14. The van der Waals surface area contributed by atoms with Crippen molar-refractivity contribution >= 4 is 0 Å². The predicted octanol–water partition coefficient (Wildman–Crippen LogP) is 0.592. The molecule has 5 nitrogen and oxygen atoms in total. The van der Waals surface area contributed by atoms with E-state index in [1.165, 1.54) is 0 Å². The maximum Gasteiger partial charge on any atom is 0.152 e. The second-order valence-electron chi connectivity index (χ2n) is 3.70. The third kappa shape index (κ3) is 4.34. The van der Waals surface area contributed by atoms with Crippen LogP contribution in [0.5, 0.6) is 0 Å². The maximum absolute atomic E-state index is 5.30. The quantitative estimate of drug-likeness (QED) is 0.429. The molecular formula is C9H18O5. The van der Waals surface area contributed by atoms with Crippen LogP contribution in [-0.4, -0.2) is 47.3 Å². The van der Waals surface area contributed by atoms with Gasteiger partial charge in [-0.1, -0.05) is 6.92 Å². The summed E-state index contributed by atoms with van der Waals surface area (Å²) in [5.74, 6) is 0. The zero-order valence-electron chi connectivity index (χ0n) is 8.78. The number of hydrogen-bond acceptors (Lipinski definition) is 5. The van der Waals surface area contributed by atoms with Crippen LogP contribution in [0.1, 0.15) is 6.92 Å². The van der Waals surface area contributed by atoms with E-state index in [0.717, 1.165) is 13.2 Å². The van der Waals surface area contributed by atoms with Gasteiger partial charge < -0.3 is 23.7 Å². The van der Waals surface area contributed by atoms with Crippen LogP contribution in [0.15, 0.2) is 0 Å². The van der Waals surface area contributed by atoms with Crippen molar-refractivity contribution in [1.82, 2.24) is 0 Å². The minimum absolute atomic E-state index is 0.177. The van der Waals surface area contributed by atoms with Crippen LogP contribution in [0.4, 0.5) is 0 Å². The van der Waals surface area contributed by atoms with Gasteiger partial charge in [0.2, 0.25) is 0 Å². The zero-order chi connectivity index (χ0) is 10.3. The van der Waals surface area contributed by atoms with Crippen molar-refractivity contribution in [2.24, 2.45) is 5.41 Å². The predicted molar refractivity (Wildman–Crippen MR) is 48.7 cm³/mol. The van der Waals surface area contributed by atoms with Gasteiger partial charge in [0.25, 0.3) is 0 Å². The molecule has 0 atom stereocenters. The van der Waals surface area contributed by atoms with E-state index in [1.807, 2.05) is 0 Å². The Labute approximate surface area is 84.2 Å². The number of rotatable bonds is 8. The van der Waals surface area contributed by atoms with Gasteiger partial charge in [-0.15, -0.1) is 0 Å². The van der Waals surface area contributed by atoms with E-state index in [-0.39, 0.29) is 25.8 Å². The maximum atomic E-state index is 5.30. The Balaban J connectivity index is 1.80. The van der Waals surface area contributed by atoms with Crippen LogP contribution in [0.3, 0.4) is 0 Å². The van der Waals surface area contributed by atoms with Gasteiger partial charge in [0.05, 0.1) is 19.8 Å². The fourth-order valence-corrected chi connectivity index (χ4v) is 1.09. The number of ether oxygens (including phenoxy) is 5. The molecule has 0 spiro atoms. The summed E-state index contributed by atoms with van der Waals surface area (Å²) in [5, 5.41) is 0. The summed E-state index contributed by atoms with van der Waals surface area (Å²) in [6.07, 6.45) is 0. The molecule has 5 heteroatoms. The monoisotopic (exact) mass is 206 g/mol. The van der Waals surface area contributed by atoms with Crippen LogP contribution in [0.2, 0.25) is 0 Å². The standard InChI is InChI=1S/C9H18O5/c1-9(3-11-4-9)5-12-7-14-8-13-6-10-2/h3-8H2,1-2H3. The van der Waals surface area contributed by atoms with Gasteiger partial charge in [0, 0.05) is 12.5 Å². The highest BCUT2D eigenvalue weighted by atomic mass is 16.8. The van der Waals surface area contributed by atoms with Crippen molar-refractivity contribution in [2.75, 3.05) is 47.3 Å². The van der Waals surface area contributed by atoms with Gasteiger partial charge in [-0.3, -0.25) is 0 Å².